The summed E-state index contributed by atoms with van der Waals surface area (Å²) in [5.41, 5.74) is 0.308. The molecule has 0 saturated heterocycles. The lowest BCUT2D eigenvalue weighted by atomic mass is 9.71. The lowest BCUT2D eigenvalue weighted by Gasteiger charge is -2.35. The first kappa shape index (κ1) is 32.9. The largest absolute Gasteiger partial charge is 0.397 e. The minimum atomic E-state index is -4.33. The Balaban J connectivity index is 4.87. The molecule has 0 aliphatic heterocycles. The van der Waals surface area contributed by atoms with Gasteiger partial charge in [-0.15, -0.1) is 0 Å². The highest BCUT2D eigenvalue weighted by atomic mass is 32.3. The van der Waals surface area contributed by atoms with Gasteiger partial charge in [0.15, 0.2) is 0 Å². The molecule has 0 fully saturated rings. The fourth-order valence-corrected chi connectivity index (χ4v) is 5.53. The summed E-state index contributed by atoms with van der Waals surface area (Å²) in [5, 5.41) is 0. The zero-order valence-corrected chi connectivity index (χ0v) is 23.4. The molecule has 33 heavy (non-hydrogen) atoms. The van der Waals surface area contributed by atoms with E-state index in [1.807, 2.05) is 0 Å². The van der Waals surface area contributed by atoms with E-state index in [-0.39, 0.29) is 6.61 Å². The molecule has 4 nitrogen and oxygen atoms in total. The third-order valence-corrected chi connectivity index (χ3v) is 7.73. The van der Waals surface area contributed by atoms with Gasteiger partial charge in [0.1, 0.15) is 0 Å². The van der Waals surface area contributed by atoms with Crippen molar-refractivity contribution in [2.75, 3.05) is 6.61 Å². The molecule has 0 amide bonds. The maximum Gasteiger partial charge on any atom is 0.397 e. The van der Waals surface area contributed by atoms with Crippen molar-refractivity contribution in [3.8, 4) is 0 Å². The van der Waals surface area contributed by atoms with Crippen molar-refractivity contribution in [3.05, 3.63) is 0 Å². The number of rotatable bonds is 26. The predicted octanol–water partition coefficient (Wildman–Crippen LogP) is 9.82. The van der Waals surface area contributed by atoms with Crippen molar-refractivity contribution in [1.29, 1.82) is 0 Å². The van der Waals surface area contributed by atoms with Crippen LogP contribution < -0.4 is 0 Å². The van der Waals surface area contributed by atoms with Gasteiger partial charge in [0, 0.05) is 0 Å². The van der Waals surface area contributed by atoms with Gasteiger partial charge >= 0.3 is 10.4 Å². The summed E-state index contributed by atoms with van der Waals surface area (Å²) in [6, 6.07) is 0. The van der Waals surface area contributed by atoms with E-state index in [4.69, 9.17) is 4.55 Å². The van der Waals surface area contributed by atoms with Crippen LogP contribution in [0.25, 0.3) is 0 Å². The lowest BCUT2D eigenvalue weighted by Crippen LogP contribution is -2.22. The van der Waals surface area contributed by atoms with Crippen LogP contribution in [0.2, 0.25) is 0 Å². The molecule has 0 aromatic carbocycles. The van der Waals surface area contributed by atoms with Crippen molar-refractivity contribution in [2.45, 2.75) is 168 Å². The zero-order valence-electron chi connectivity index (χ0n) is 22.6. The summed E-state index contributed by atoms with van der Waals surface area (Å²) in [4.78, 5) is 0. The molecule has 200 valence electrons. The third kappa shape index (κ3) is 22.1. The first-order valence-electron chi connectivity index (χ1n) is 14.5. The highest BCUT2D eigenvalue weighted by Gasteiger charge is 2.28. The Hall–Kier alpha value is -0.130. The van der Waals surface area contributed by atoms with Gasteiger partial charge in [-0.2, -0.15) is 8.42 Å². The van der Waals surface area contributed by atoms with Gasteiger partial charge in [0.2, 0.25) is 0 Å². The number of unbranched alkanes of at least 4 members (excludes halogenated alkanes) is 15. The Kier molecular flexibility index (Phi) is 22.3. The van der Waals surface area contributed by atoms with Crippen molar-refractivity contribution >= 4 is 10.4 Å². The standard InChI is InChI=1S/C28H58O4S/c1-4-7-10-13-16-19-23-28(24-20-17-14-11-8-5-2,25-21-18-15-12-9-6-3)26-22-27-32-33(29,30)31/h4-27H2,1-3H3,(H,29,30,31). The lowest BCUT2D eigenvalue weighted by molar-refractivity contribution is 0.157. The Bertz CT molecular complexity index is 463. The van der Waals surface area contributed by atoms with E-state index in [0.29, 0.717) is 11.8 Å². The summed E-state index contributed by atoms with van der Waals surface area (Å²) in [6.45, 7) is 6.90. The second-order valence-corrected chi connectivity index (χ2v) is 11.5. The molecule has 0 atom stereocenters. The molecule has 0 spiro atoms. The molecule has 0 unspecified atom stereocenters. The first-order valence-corrected chi connectivity index (χ1v) is 15.9. The Labute approximate surface area is 208 Å². The van der Waals surface area contributed by atoms with Gasteiger partial charge in [-0.1, -0.05) is 136 Å². The monoisotopic (exact) mass is 490 g/mol. The van der Waals surface area contributed by atoms with Crippen molar-refractivity contribution < 1.29 is 17.2 Å². The maximum atomic E-state index is 11.0. The van der Waals surface area contributed by atoms with E-state index < -0.39 is 10.4 Å². The molecular formula is C28H58O4S. The van der Waals surface area contributed by atoms with Crippen LogP contribution in [0.5, 0.6) is 0 Å². The van der Waals surface area contributed by atoms with Crippen LogP contribution in [-0.2, 0) is 14.6 Å². The van der Waals surface area contributed by atoms with Gasteiger partial charge < -0.3 is 0 Å². The van der Waals surface area contributed by atoms with Gasteiger partial charge in [0.05, 0.1) is 6.61 Å². The second-order valence-electron chi connectivity index (χ2n) is 10.4. The average molecular weight is 491 g/mol. The Morgan fingerprint density at radius 2 is 0.818 bits per heavy atom. The fraction of sp³-hybridized carbons (Fsp3) is 1.00. The number of hydrogen-bond acceptors (Lipinski definition) is 3. The number of hydrogen-bond donors (Lipinski definition) is 1. The quantitative estimate of drug-likeness (QED) is 0.0967. The molecule has 0 aliphatic rings. The van der Waals surface area contributed by atoms with Crippen molar-refractivity contribution in [3.63, 3.8) is 0 Å². The molecule has 0 aliphatic carbocycles. The molecule has 0 saturated carbocycles. The minimum absolute atomic E-state index is 0.101. The van der Waals surface area contributed by atoms with Crippen LogP contribution in [0, 0.1) is 5.41 Å². The van der Waals surface area contributed by atoms with Crippen LogP contribution in [0.3, 0.4) is 0 Å². The van der Waals surface area contributed by atoms with Gasteiger partial charge in [-0.25, -0.2) is 4.18 Å². The fourth-order valence-electron chi connectivity index (χ4n) is 5.20. The SMILES string of the molecule is CCCCCCCCC(CCCCCCCC)(CCCCCCCC)CCCOS(=O)(=O)O. The topological polar surface area (TPSA) is 63.6 Å². The molecule has 0 aromatic rings. The molecular weight excluding hydrogens is 432 g/mol. The highest BCUT2D eigenvalue weighted by molar-refractivity contribution is 7.80. The van der Waals surface area contributed by atoms with Crippen LogP contribution in [0.4, 0.5) is 0 Å². The maximum absolute atomic E-state index is 11.0. The summed E-state index contributed by atoms with van der Waals surface area (Å²) >= 11 is 0. The summed E-state index contributed by atoms with van der Waals surface area (Å²) in [6.07, 6.45) is 29.2. The Morgan fingerprint density at radius 1 is 0.515 bits per heavy atom. The van der Waals surface area contributed by atoms with Crippen molar-refractivity contribution in [1.82, 2.24) is 0 Å². The van der Waals surface area contributed by atoms with Gasteiger partial charge in [-0.3, -0.25) is 4.55 Å². The van der Waals surface area contributed by atoms with E-state index in [9.17, 15) is 8.42 Å². The third-order valence-electron chi connectivity index (χ3n) is 7.27. The van der Waals surface area contributed by atoms with E-state index in [1.165, 1.54) is 135 Å². The molecule has 0 aromatic heterocycles. The van der Waals surface area contributed by atoms with Gasteiger partial charge in [0.25, 0.3) is 0 Å². The molecule has 0 bridgehead atoms. The molecule has 1 N–H and O–H groups in total. The van der Waals surface area contributed by atoms with Crippen LogP contribution in [-0.4, -0.2) is 19.6 Å². The molecule has 0 heterocycles. The summed E-state index contributed by atoms with van der Waals surface area (Å²) in [5.74, 6) is 0. The minimum Gasteiger partial charge on any atom is -0.264 e. The van der Waals surface area contributed by atoms with Crippen LogP contribution in [0.15, 0.2) is 0 Å². The average Bonchev–Trinajstić information content (AvgIpc) is 2.77. The summed E-state index contributed by atoms with van der Waals surface area (Å²) in [7, 11) is -4.33. The van der Waals surface area contributed by atoms with E-state index in [0.717, 1.165) is 6.42 Å². The van der Waals surface area contributed by atoms with Gasteiger partial charge in [-0.05, 0) is 37.5 Å². The van der Waals surface area contributed by atoms with Crippen molar-refractivity contribution in [2.24, 2.45) is 5.41 Å². The first-order chi connectivity index (χ1) is 15.9. The molecule has 5 heteroatoms. The van der Waals surface area contributed by atoms with E-state index in [1.54, 1.807) is 0 Å². The molecule has 0 rings (SSSR count). The molecule has 0 radical (unpaired) electrons. The zero-order chi connectivity index (χ0) is 24.7. The summed E-state index contributed by atoms with van der Waals surface area (Å²) < 4.78 is 35.6. The van der Waals surface area contributed by atoms with E-state index >= 15 is 0 Å². The second kappa shape index (κ2) is 22.3. The normalized spacial score (nSPS) is 12.5. The van der Waals surface area contributed by atoms with Crippen LogP contribution >= 0.6 is 0 Å². The Morgan fingerprint density at radius 3 is 1.15 bits per heavy atom. The predicted molar refractivity (Wildman–Crippen MR) is 143 cm³/mol. The highest BCUT2D eigenvalue weighted by Crippen LogP contribution is 2.41. The van der Waals surface area contributed by atoms with Crippen LogP contribution in [0.1, 0.15) is 168 Å². The smallest absolute Gasteiger partial charge is 0.264 e. The van der Waals surface area contributed by atoms with E-state index in [2.05, 4.69) is 25.0 Å².